The Hall–Kier alpha value is -3.69. The minimum Gasteiger partial charge on any atom is -0.383 e. The van der Waals surface area contributed by atoms with Gasteiger partial charge in [0.15, 0.2) is 0 Å². The van der Waals surface area contributed by atoms with Crippen LogP contribution in [0.3, 0.4) is 0 Å². The minimum atomic E-state index is -4.41. The van der Waals surface area contributed by atoms with Crippen LogP contribution in [0.1, 0.15) is 30.1 Å². The van der Waals surface area contributed by atoms with E-state index in [1.165, 1.54) is 30.3 Å². The Kier molecular flexibility index (Phi) is 4.31. The van der Waals surface area contributed by atoms with E-state index in [0.29, 0.717) is 22.5 Å². The molecule has 10 heteroatoms. The monoisotopic (exact) mass is 428 g/mol. The summed E-state index contributed by atoms with van der Waals surface area (Å²) in [5, 5.41) is 2.94. The number of hydrogen-bond donors (Lipinski definition) is 2. The Morgan fingerprint density at radius 1 is 0.968 bits per heavy atom. The summed E-state index contributed by atoms with van der Waals surface area (Å²) in [6.07, 6.45) is -2.49. The molecule has 2 aromatic carbocycles. The van der Waals surface area contributed by atoms with Crippen LogP contribution in [0.2, 0.25) is 0 Å². The number of imidazole rings is 1. The Balaban J connectivity index is 1.55. The SMILES string of the molecule is Nc1cc(Nc2ccc(C(F)(F)F)cc2)nc(-n2c(C3CC3)nc3ccc(F)cc32)n1. The third kappa shape index (κ3) is 3.76. The van der Waals surface area contributed by atoms with Gasteiger partial charge in [-0.2, -0.15) is 23.1 Å². The van der Waals surface area contributed by atoms with Gasteiger partial charge in [-0.1, -0.05) is 0 Å². The molecule has 158 valence electrons. The van der Waals surface area contributed by atoms with Crippen molar-refractivity contribution < 1.29 is 17.6 Å². The van der Waals surface area contributed by atoms with E-state index < -0.39 is 17.6 Å². The Morgan fingerprint density at radius 2 is 1.71 bits per heavy atom. The smallest absolute Gasteiger partial charge is 0.383 e. The molecule has 5 rings (SSSR count). The third-order valence-corrected chi connectivity index (χ3v) is 5.00. The summed E-state index contributed by atoms with van der Waals surface area (Å²) >= 11 is 0. The predicted octanol–water partition coefficient (Wildman–Crippen LogP) is 5.18. The lowest BCUT2D eigenvalue weighted by molar-refractivity contribution is -0.137. The molecule has 0 aliphatic heterocycles. The van der Waals surface area contributed by atoms with E-state index in [1.807, 2.05) is 0 Å². The quantitative estimate of drug-likeness (QED) is 0.438. The number of hydrogen-bond acceptors (Lipinski definition) is 5. The van der Waals surface area contributed by atoms with Crippen molar-refractivity contribution in [2.45, 2.75) is 24.9 Å². The first-order valence-corrected chi connectivity index (χ1v) is 9.55. The first-order chi connectivity index (χ1) is 14.8. The molecule has 1 aliphatic carbocycles. The lowest BCUT2D eigenvalue weighted by Gasteiger charge is -2.12. The summed E-state index contributed by atoms with van der Waals surface area (Å²) in [5.74, 6) is 1.20. The minimum absolute atomic E-state index is 0.152. The second kappa shape index (κ2) is 6.93. The van der Waals surface area contributed by atoms with Crippen molar-refractivity contribution in [1.29, 1.82) is 0 Å². The molecule has 31 heavy (non-hydrogen) atoms. The Bertz CT molecular complexity index is 1280. The summed E-state index contributed by atoms with van der Waals surface area (Å²) in [5.41, 5.74) is 6.76. The molecule has 0 saturated heterocycles. The number of fused-ring (bicyclic) bond motifs is 1. The molecule has 1 saturated carbocycles. The molecule has 2 heterocycles. The summed E-state index contributed by atoms with van der Waals surface area (Å²) < 4.78 is 53.9. The highest BCUT2D eigenvalue weighted by Gasteiger charge is 2.31. The second-order valence-electron chi connectivity index (χ2n) is 7.39. The van der Waals surface area contributed by atoms with Crippen LogP contribution in [0, 0.1) is 5.82 Å². The van der Waals surface area contributed by atoms with Crippen LogP contribution in [0.5, 0.6) is 0 Å². The molecule has 4 aromatic rings. The van der Waals surface area contributed by atoms with Gasteiger partial charge in [-0.3, -0.25) is 4.57 Å². The van der Waals surface area contributed by atoms with Crippen molar-refractivity contribution in [3.63, 3.8) is 0 Å². The van der Waals surface area contributed by atoms with Gasteiger partial charge in [-0.15, -0.1) is 0 Å². The van der Waals surface area contributed by atoms with E-state index in [4.69, 9.17) is 5.73 Å². The predicted molar refractivity (Wildman–Crippen MR) is 108 cm³/mol. The molecule has 0 bridgehead atoms. The highest BCUT2D eigenvalue weighted by molar-refractivity contribution is 5.78. The number of anilines is 3. The van der Waals surface area contributed by atoms with Gasteiger partial charge in [0.2, 0.25) is 5.95 Å². The summed E-state index contributed by atoms with van der Waals surface area (Å²) in [6.45, 7) is 0. The topological polar surface area (TPSA) is 81.6 Å². The molecule has 0 unspecified atom stereocenters. The maximum absolute atomic E-state index is 13.9. The number of nitrogens with two attached hydrogens (primary N) is 1. The molecule has 3 N–H and O–H groups in total. The summed E-state index contributed by atoms with van der Waals surface area (Å²) in [6, 6.07) is 10.3. The summed E-state index contributed by atoms with van der Waals surface area (Å²) in [4.78, 5) is 13.4. The molecule has 6 nitrogen and oxygen atoms in total. The zero-order valence-corrected chi connectivity index (χ0v) is 16.0. The highest BCUT2D eigenvalue weighted by atomic mass is 19.4. The number of nitrogen functional groups attached to an aromatic ring is 1. The normalized spacial score (nSPS) is 14.2. The molecular weight excluding hydrogens is 412 g/mol. The number of aromatic nitrogens is 4. The van der Waals surface area contributed by atoms with Gasteiger partial charge in [0.05, 0.1) is 16.6 Å². The zero-order valence-electron chi connectivity index (χ0n) is 16.0. The van der Waals surface area contributed by atoms with Crippen molar-refractivity contribution in [3.05, 3.63) is 65.7 Å². The standard InChI is InChI=1S/C21H16F4N6/c22-13-5-8-15-16(9-13)31(19(28-15)11-1-2-11)20-29-17(26)10-18(30-20)27-14-6-3-12(4-7-14)21(23,24)25/h3-11H,1-2H2,(H3,26,27,29,30). The fourth-order valence-electron chi connectivity index (χ4n) is 3.40. The van der Waals surface area contributed by atoms with Crippen molar-refractivity contribution in [2.75, 3.05) is 11.1 Å². The van der Waals surface area contributed by atoms with E-state index in [9.17, 15) is 17.6 Å². The van der Waals surface area contributed by atoms with Crippen LogP contribution < -0.4 is 11.1 Å². The average molecular weight is 428 g/mol. The fraction of sp³-hybridized carbons (Fsp3) is 0.190. The maximum Gasteiger partial charge on any atom is 0.416 e. The van der Waals surface area contributed by atoms with E-state index in [2.05, 4.69) is 20.3 Å². The fourth-order valence-corrected chi connectivity index (χ4v) is 3.40. The van der Waals surface area contributed by atoms with Crippen molar-refractivity contribution in [3.8, 4) is 5.95 Å². The van der Waals surface area contributed by atoms with Crippen molar-refractivity contribution in [1.82, 2.24) is 19.5 Å². The van der Waals surface area contributed by atoms with Gasteiger partial charge in [0.1, 0.15) is 23.3 Å². The van der Waals surface area contributed by atoms with Crippen LogP contribution >= 0.6 is 0 Å². The molecule has 2 aromatic heterocycles. The molecule has 1 aliphatic rings. The van der Waals surface area contributed by atoms with Crippen LogP contribution in [0.15, 0.2) is 48.5 Å². The molecule has 0 radical (unpaired) electrons. The second-order valence-corrected chi connectivity index (χ2v) is 7.39. The third-order valence-electron chi connectivity index (χ3n) is 5.00. The number of nitrogens with zero attached hydrogens (tertiary/aromatic N) is 4. The first-order valence-electron chi connectivity index (χ1n) is 9.55. The van der Waals surface area contributed by atoms with Gasteiger partial charge < -0.3 is 11.1 Å². The number of rotatable bonds is 4. The van der Waals surface area contributed by atoms with Crippen molar-refractivity contribution >= 4 is 28.4 Å². The molecule has 0 amide bonds. The Morgan fingerprint density at radius 3 is 2.39 bits per heavy atom. The van der Waals surface area contributed by atoms with Gasteiger partial charge >= 0.3 is 6.18 Å². The van der Waals surface area contributed by atoms with Gasteiger partial charge in [0, 0.05) is 23.7 Å². The van der Waals surface area contributed by atoms with E-state index >= 15 is 0 Å². The average Bonchev–Trinajstić information content (AvgIpc) is 3.48. The van der Waals surface area contributed by atoms with Gasteiger partial charge in [-0.25, -0.2) is 9.37 Å². The van der Waals surface area contributed by atoms with Gasteiger partial charge in [0.25, 0.3) is 0 Å². The number of nitrogens with one attached hydrogen (secondary N) is 1. The van der Waals surface area contributed by atoms with E-state index in [-0.39, 0.29) is 17.7 Å². The number of halogens is 4. The van der Waals surface area contributed by atoms with E-state index in [1.54, 1.807) is 10.6 Å². The summed E-state index contributed by atoms with van der Waals surface area (Å²) in [7, 11) is 0. The Labute approximate surface area is 173 Å². The number of benzene rings is 2. The molecular formula is C21H16F4N6. The zero-order chi connectivity index (χ0) is 21.8. The lowest BCUT2D eigenvalue weighted by atomic mass is 10.2. The highest BCUT2D eigenvalue weighted by Crippen LogP contribution is 2.41. The van der Waals surface area contributed by atoms with Crippen LogP contribution in [0.25, 0.3) is 17.0 Å². The number of alkyl halides is 3. The van der Waals surface area contributed by atoms with Crippen LogP contribution in [0.4, 0.5) is 34.9 Å². The molecule has 0 atom stereocenters. The maximum atomic E-state index is 13.9. The largest absolute Gasteiger partial charge is 0.416 e. The van der Waals surface area contributed by atoms with Crippen LogP contribution in [-0.2, 0) is 6.18 Å². The van der Waals surface area contributed by atoms with Crippen LogP contribution in [-0.4, -0.2) is 19.5 Å². The van der Waals surface area contributed by atoms with Gasteiger partial charge in [-0.05, 0) is 49.2 Å². The van der Waals surface area contributed by atoms with Crippen molar-refractivity contribution in [2.24, 2.45) is 0 Å². The molecule has 1 fully saturated rings. The first kappa shape index (κ1) is 19.3. The molecule has 0 spiro atoms. The van der Waals surface area contributed by atoms with E-state index in [0.717, 1.165) is 30.8 Å². The lowest BCUT2D eigenvalue weighted by Crippen LogP contribution is -2.09.